The van der Waals surface area contributed by atoms with Gasteiger partial charge < -0.3 is 25.0 Å². The number of aromatic nitrogens is 1. The largest absolute Gasteiger partial charge is 0.444 e. The van der Waals surface area contributed by atoms with Crippen LogP contribution in [0.15, 0.2) is 41.5 Å². The van der Waals surface area contributed by atoms with Gasteiger partial charge in [0.05, 0.1) is 6.20 Å². The number of aliphatic imine (C=N–C) groups is 1. The van der Waals surface area contributed by atoms with Crippen molar-refractivity contribution >= 4 is 46.7 Å². The van der Waals surface area contributed by atoms with E-state index >= 15 is 0 Å². The van der Waals surface area contributed by atoms with Crippen LogP contribution >= 0.6 is 11.3 Å². The van der Waals surface area contributed by atoms with Crippen LogP contribution in [0.1, 0.15) is 68.2 Å². The molecule has 0 fully saturated rings. The molecule has 11 nitrogen and oxygen atoms in total. The number of hydrogen-bond acceptors (Lipinski definition) is 8. The number of nitrogens with one attached hydrogen (secondary N) is 3. The molecule has 3 amide bonds. The van der Waals surface area contributed by atoms with Gasteiger partial charge in [0.25, 0.3) is 5.91 Å². The van der Waals surface area contributed by atoms with Crippen molar-refractivity contribution in [1.29, 1.82) is 0 Å². The monoisotopic (exact) mass is 570 g/mol. The second-order valence-electron chi connectivity index (χ2n) is 11.3. The van der Waals surface area contributed by atoms with Gasteiger partial charge in [-0.15, -0.1) is 16.3 Å². The zero-order valence-corrected chi connectivity index (χ0v) is 24.9. The van der Waals surface area contributed by atoms with Crippen molar-refractivity contribution in [1.82, 2.24) is 20.5 Å². The first-order chi connectivity index (χ1) is 18.7. The number of guanidine groups is 1. The fourth-order valence-electron chi connectivity index (χ4n) is 3.46. The molecule has 0 bridgehead atoms. The van der Waals surface area contributed by atoms with E-state index in [0.717, 1.165) is 30.1 Å². The molecule has 1 aromatic heterocycles. The Kier molecular flexibility index (Phi) is 10.0. The van der Waals surface area contributed by atoms with Gasteiger partial charge in [-0.2, -0.15) is 0 Å². The fraction of sp³-hybridized carbons (Fsp3) is 0.464. The van der Waals surface area contributed by atoms with Gasteiger partial charge in [-0.05, 0) is 78.3 Å². The number of alkyl carbamates (subject to hydrolysis) is 1. The summed E-state index contributed by atoms with van der Waals surface area (Å²) >= 11 is 1.38. The minimum Gasteiger partial charge on any atom is -0.444 e. The number of hydrogen-bond donors (Lipinski definition) is 3. The number of nitrogens with zero attached hydrogens (tertiary/aromatic N) is 3. The molecule has 0 aliphatic carbocycles. The lowest BCUT2D eigenvalue weighted by Gasteiger charge is -2.21. The molecule has 1 aliphatic rings. The van der Waals surface area contributed by atoms with Crippen LogP contribution in [0.5, 0.6) is 0 Å². The van der Waals surface area contributed by atoms with Crippen LogP contribution < -0.4 is 16.0 Å². The molecule has 0 saturated carbocycles. The van der Waals surface area contributed by atoms with Gasteiger partial charge in [0.1, 0.15) is 21.1 Å². The predicted molar refractivity (Wildman–Crippen MR) is 156 cm³/mol. The van der Waals surface area contributed by atoms with E-state index in [1.54, 1.807) is 59.9 Å². The quantitative estimate of drug-likeness (QED) is 0.337. The van der Waals surface area contributed by atoms with E-state index in [2.05, 4.69) is 44.0 Å². The minimum absolute atomic E-state index is 0.110. The third-order valence-electron chi connectivity index (χ3n) is 5.30. The number of anilines is 1. The van der Waals surface area contributed by atoms with Crippen LogP contribution in [-0.4, -0.2) is 65.3 Å². The topological polar surface area (TPSA) is 134 Å². The van der Waals surface area contributed by atoms with Crippen LogP contribution in [0, 0.1) is 0 Å². The van der Waals surface area contributed by atoms with E-state index in [0.29, 0.717) is 10.6 Å². The van der Waals surface area contributed by atoms with Gasteiger partial charge in [-0.1, -0.05) is 18.2 Å². The zero-order valence-electron chi connectivity index (χ0n) is 24.1. The number of ether oxygens (including phenoxy) is 2. The van der Waals surface area contributed by atoms with Crippen molar-refractivity contribution in [3.63, 3.8) is 0 Å². The van der Waals surface area contributed by atoms with Crippen LogP contribution in [0.2, 0.25) is 0 Å². The molecule has 0 unspecified atom stereocenters. The molecular formula is C28H38N6O5S. The summed E-state index contributed by atoms with van der Waals surface area (Å²) in [4.78, 5) is 48.3. The zero-order chi connectivity index (χ0) is 29.5. The van der Waals surface area contributed by atoms with E-state index in [1.165, 1.54) is 16.9 Å². The number of amides is 3. The Morgan fingerprint density at radius 3 is 2.33 bits per heavy atom. The smallest absolute Gasteiger partial charge is 0.437 e. The highest BCUT2D eigenvalue weighted by molar-refractivity contribution is 7.14. The van der Waals surface area contributed by atoms with Crippen LogP contribution in [0.25, 0.3) is 5.57 Å². The third-order valence-corrected chi connectivity index (χ3v) is 6.38. The highest BCUT2D eigenvalue weighted by Gasteiger charge is 2.20. The first-order valence-electron chi connectivity index (χ1n) is 13.0. The van der Waals surface area contributed by atoms with Gasteiger partial charge in [0.2, 0.25) is 5.96 Å². The van der Waals surface area contributed by atoms with Gasteiger partial charge in [-0.3, -0.25) is 10.1 Å². The van der Waals surface area contributed by atoms with Crippen molar-refractivity contribution in [3.05, 3.63) is 52.0 Å². The molecule has 2 aromatic rings. The lowest BCUT2D eigenvalue weighted by molar-refractivity contribution is 0.0560. The van der Waals surface area contributed by atoms with Gasteiger partial charge in [-0.25, -0.2) is 14.6 Å². The molecule has 1 aromatic carbocycles. The van der Waals surface area contributed by atoms with E-state index < -0.39 is 23.4 Å². The molecule has 3 N–H and O–H groups in total. The standard InChI is InChI=1S/C28H38N6O5S/c1-27(2,3)38-25(36)32-24(33-26(37)39-28(4,5)6)30-16-18-8-10-20(11-9-18)31-22(35)21-17-29-23(40-21)19-12-14-34(7)15-13-19/h8-12,17H,13-16H2,1-7H3,(H,31,35)(H2,30,32,33,36,37). The molecule has 3 rings (SSSR count). The summed E-state index contributed by atoms with van der Waals surface area (Å²) in [6.45, 7) is 12.4. The van der Waals surface area contributed by atoms with Crippen molar-refractivity contribution < 1.29 is 23.9 Å². The number of rotatable bonds is 5. The second kappa shape index (κ2) is 13.1. The van der Waals surface area contributed by atoms with Crippen LogP contribution in [0.4, 0.5) is 15.3 Å². The van der Waals surface area contributed by atoms with E-state index in [1.807, 2.05) is 12.1 Å². The lowest BCUT2D eigenvalue weighted by Crippen LogP contribution is -2.44. The maximum absolute atomic E-state index is 12.8. The minimum atomic E-state index is -0.859. The number of carbonyl (C=O) groups is 3. The molecule has 216 valence electrons. The average molecular weight is 571 g/mol. The van der Waals surface area contributed by atoms with Gasteiger partial charge in [0, 0.05) is 25.3 Å². The van der Waals surface area contributed by atoms with Gasteiger partial charge in [0.15, 0.2) is 0 Å². The Balaban J connectivity index is 1.60. The molecular weight excluding hydrogens is 532 g/mol. The molecule has 0 radical (unpaired) electrons. The number of thiazole rings is 1. The fourth-order valence-corrected chi connectivity index (χ4v) is 4.34. The highest BCUT2D eigenvalue weighted by atomic mass is 32.1. The summed E-state index contributed by atoms with van der Waals surface area (Å²) in [5.74, 6) is -0.335. The summed E-state index contributed by atoms with van der Waals surface area (Å²) in [5.41, 5.74) is 1.14. The molecule has 0 saturated heterocycles. The Labute approximate surface area is 239 Å². The Morgan fingerprint density at radius 2 is 1.73 bits per heavy atom. The van der Waals surface area contributed by atoms with E-state index in [4.69, 9.17) is 9.47 Å². The summed E-state index contributed by atoms with van der Waals surface area (Å²) in [6, 6.07) is 7.15. The SMILES string of the molecule is CN1CC=C(c2ncc(C(=O)Nc3ccc(CNC(=NC(=O)OC(C)(C)C)NC(=O)OC(C)(C)C)cc3)s2)CC1. The summed E-state index contributed by atoms with van der Waals surface area (Å²) in [7, 11) is 2.08. The summed E-state index contributed by atoms with van der Waals surface area (Å²) in [5, 5.41) is 9.15. The molecule has 12 heteroatoms. The molecule has 2 heterocycles. The highest BCUT2D eigenvalue weighted by Crippen LogP contribution is 2.26. The second-order valence-corrected chi connectivity index (χ2v) is 12.4. The maximum atomic E-state index is 12.8. The maximum Gasteiger partial charge on any atom is 0.437 e. The Hall–Kier alpha value is -3.77. The number of carbonyl (C=O) groups excluding carboxylic acids is 3. The molecule has 40 heavy (non-hydrogen) atoms. The number of benzene rings is 1. The normalized spacial score (nSPS) is 14.7. The van der Waals surface area contributed by atoms with Crippen molar-refractivity contribution in [2.24, 2.45) is 4.99 Å². The van der Waals surface area contributed by atoms with Crippen molar-refractivity contribution in [2.45, 2.75) is 65.7 Å². The lowest BCUT2D eigenvalue weighted by atomic mass is 10.1. The summed E-state index contributed by atoms with van der Waals surface area (Å²) in [6.07, 6.45) is 3.05. The van der Waals surface area contributed by atoms with Crippen LogP contribution in [0.3, 0.4) is 0 Å². The summed E-state index contributed by atoms with van der Waals surface area (Å²) < 4.78 is 10.5. The Morgan fingerprint density at radius 1 is 1.05 bits per heavy atom. The van der Waals surface area contributed by atoms with Crippen molar-refractivity contribution in [2.75, 3.05) is 25.5 Å². The van der Waals surface area contributed by atoms with Crippen molar-refractivity contribution in [3.8, 4) is 0 Å². The number of likely N-dealkylation sites (N-methyl/N-ethyl adjacent to an activating group) is 1. The van der Waals surface area contributed by atoms with E-state index in [-0.39, 0.29) is 18.4 Å². The molecule has 0 spiro atoms. The third kappa shape index (κ3) is 10.4. The first kappa shape index (κ1) is 30.8. The van der Waals surface area contributed by atoms with Crippen LogP contribution in [-0.2, 0) is 16.0 Å². The van der Waals surface area contributed by atoms with Gasteiger partial charge >= 0.3 is 12.2 Å². The molecule has 0 atom stereocenters. The first-order valence-corrected chi connectivity index (χ1v) is 13.8. The van der Waals surface area contributed by atoms with E-state index in [9.17, 15) is 14.4 Å². The Bertz CT molecular complexity index is 1270. The average Bonchev–Trinajstić information content (AvgIpc) is 3.32. The predicted octanol–water partition coefficient (Wildman–Crippen LogP) is 5.02. The molecule has 1 aliphatic heterocycles.